The Kier molecular flexibility index (Phi) is 3.32. The van der Waals surface area contributed by atoms with Crippen molar-refractivity contribution in [3.05, 3.63) is 29.8 Å². The van der Waals surface area contributed by atoms with Gasteiger partial charge in [-0.3, -0.25) is 4.79 Å². The summed E-state index contributed by atoms with van der Waals surface area (Å²) >= 11 is 0. The third-order valence-electron chi connectivity index (χ3n) is 5.76. The van der Waals surface area contributed by atoms with Crippen molar-refractivity contribution in [3.63, 3.8) is 0 Å². The molecule has 0 unspecified atom stereocenters. The zero-order valence-corrected chi connectivity index (χ0v) is 13.6. The van der Waals surface area contributed by atoms with Crippen molar-refractivity contribution >= 4 is 17.6 Å². The quantitative estimate of drug-likeness (QED) is 0.737. The van der Waals surface area contributed by atoms with Crippen LogP contribution in [0, 0.1) is 0 Å². The van der Waals surface area contributed by atoms with Crippen LogP contribution in [-0.2, 0) is 10.2 Å². The Labute approximate surface area is 136 Å². The number of carbonyl (C=O) groups excluding carboxylic acids is 2. The number of carbonyl (C=O) groups is 2. The standard InChI is InChI=1S/C18H23N3O2/c1-19-15-7-3-2-6-14(15)18(16(19)22)8-12-21(13-9-18)17(23)20-10-4-5-11-20/h2-3,6-7H,4-5,8-13H2,1H3. The molecular weight excluding hydrogens is 290 g/mol. The Morgan fingerprint density at radius 1 is 1.00 bits per heavy atom. The highest BCUT2D eigenvalue weighted by molar-refractivity contribution is 6.07. The zero-order valence-electron chi connectivity index (χ0n) is 13.6. The molecule has 0 aliphatic carbocycles. The van der Waals surface area contributed by atoms with Gasteiger partial charge in [0, 0.05) is 38.9 Å². The average molecular weight is 313 g/mol. The van der Waals surface area contributed by atoms with Gasteiger partial charge in [-0.05, 0) is 37.3 Å². The number of fused-ring (bicyclic) bond motifs is 2. The van der Waals surface area contributed by atoms with Crippen LogP contribution in [0.2, 0.25) is 0 Å². The summed E-state index contributed by atoms with van der Waals surface area (Å²) in [4.78, 5) is 31.1. The summed E-state index contributed by atoms with van der Waals surface area (Å²) < 4.78 is 0. The molecule has 23 heavy (non-hydrogen) atoms. The van der Waals surface area contributed by atoms with Crippen LogP contribution in [0.15, 0.2) is 24.3 Å². The molecule has 0 N–H and O–H groups in total. The summed E-state index contributed by atoms with van der Waals surface area (Å²) in [5.74, 6) is 0.187. The largest absolute Gasteiger partial charge is 0.325 e. The summed E-state index contributed by atoms with van der Waals surface area (Å²) in [5, 5.41) is 0. The molecule has 5 nitrogen and oxygen atoms in total. The first-order valence-electron chi connectivity index (χ1n) is 8.55. The first-order valence-corrected chi connectivity index (χ1v) is 8.55. The third-order valence-corrected chi connectivity index (χ3v) is 5.76. The molecule has 122 valence electrons. The molecule has 0 bridgehead atoms. The van der Waals surface area contributed by atoms with Crippen molar-refractivity contribution < 1.29 is 9.59 Å². The van der Waals surface area contributed by atoms with Gasteiger partial charge in [0.25, 0.3) is 0 Å². The van der Waals surface area contributed by atoms with Crippen molar-refractivity contribution in [2.75, 3.05) is 38.1 Å². The number of likely N-dealkylation sites (N-methyl/N-ethyl adjacent to an activating group) is 1. The minimum Gasteiger partial charge on any atom is -0.325 e. The molecule has 2 fully saturated rings. The Bertz CT molecular complexity index is 643. The second-order valence-corrected chi connectivity index (χ2v) is 6.93. The number of rotatable bonds is 0. The van der Waals surface area contributed by atoms with Gasteiger partial charge in [-0.15, -0.1) is 0 Å². The van der Waals surface area contributed by atoms with Gasteiger partial charge in [-0.2, -0.15) is 0 Å². The average Bonchev–Trinajstić information content (AvgIpc) is 3.20. The summed E-state index contributed by atoms with van der Waals surface area (Å²) in [6.45, 7) is 3.10. The fraction of sp³-hybridized carbons (Fsp3) is 0.556. The molecule has 0 aromatic heterocycles. The van der Waals surface area contributed by atoms with E-state index in [2.05, 4.69) is 6.07 Å². The van der Waals surface area contributed by atoms with Crippen LogP contribution in [0.4, 0.5) is 10.5 Å². The fourth-order valence-corrected chi connectivity index (χ4v) is 4.39. The number of para-hydroxylation sites is 1. The van der Waals surface area contributed by atoms with E-state index in [-0.39, 0.29) is 11.9 Å². The van der Waals surface area contributed by atoms with Crippen molar-refractivity contribution in [1.29, 1.82) is 0 Å². The lowest BCUT2D eigenvalue weighted by molar-refractivity contribution is -0.124. The van der Waals surface area contributed by atoms with Gasteiger partial charge in [0.15, 0.2) is 0 Å². The molecule has 2 saturated heterocycles. The van der Waals surface area contributed by atoms with Gasteiger partial charge in [0.1, 0.15) is 0 Å². The maximum atomic E-state index is 12.9. The van der Waals surface area contributed by atoms with Crippen molar-refractivity contribution in [2.24, 2.45) is 0 Å². The zero-order chi connectivity index (χ0) is 16.0. The fourth-order valence-electron chi connectivity index (χ4n) is 4.39. The van der Waals surface area contributed by atoms with E-state index in [1.54, 1.807) is 4.90 Å². The number of piperidine rings is 1. The lowest BCUT2D eigenvalue weighted by atomic mass is 9.73. The summed E-state index contributed by atoms with van der Waals surface area (Å²) in [6, 6.07) is 8.24. The van der Waals surface area contributed by atoms with E-state index in [0.29, 0.717) is 13.1 Å². The van der Waals surface area contributed by atoms with Crippen LogP contribution in [-0.4, -0.2) is 55.0 Å². The van der Waals surface area contributed by atoms with E-state index in [1.165, 1.54) is 0 Å². The van der Waals surface area contributed by atoms with Crippen LogP contribution in [0.1, 0.15) is 31.2 Å². The van der Waals surface area contributed by atoms with Crippen molar-refractivity contribution in [1.82, 2.24) is 9.80 Å². The normalized spacial score (nSPS) is 22.8. The number of amides is 3. The number of hydrogen-bond acceptors (Lipinski definition) is 2. The number of nitrogens with zero attached hydrogens (tertiary/aromatic N) is 3. The SMILES string of the molecule is CN1C(=O)C2(CCN(C(=O)N3CCCC3)CC2)c2ccccc21. The van der Waals surface area contributed by atoms with Crippen molar-refractivity contribution in [3.8, 4) is 0 Å². The van der Waals surface area contributed by atoms with E-state index in [0.717, 1.165) is 50.0 Å². The molecule has 3 heterocycles. The number of benzene rings is 1. The van der Waals surface area contributed by atoms with Crippen LogP contribution in [0.5, 0.6) is 0 Å². The topological polar surface area (TPSA) is 43.9 Å². The predicted molar refractivity (Wildman–Crippen MR) is 88.5 cm³/mol. The van der Waals surface area contributed by atoms with E-state index >= 15 is 0 Å². The van der Waals surface area contributed by atoms with Crippen LogP contribution >= 0.6 is 0 Å². The summed E-state index contributed by atoms with van der Waals surface area (Å²) in [5.41, 5.74) is 1.74. The Morgan fingerprint density at radius 3 is 2.30 bits per heavy atom. The summed E-state index contributed by atoms with van der Waals surface area (Å²) in [6.07, 6.45) is 3.68. The second-order valence-electron chi connectivity index (χ2n) is 6.93. The lowest BCUT2D eigenvalue weighted by Crippen LogP contribution is -2.52. The van der Waals surface area contributed by atoms with E-state index < -0.39 is 5.41 Å². The van der Waals surface area contributed by atoms with Crippen LogP contribution < -0.4 is 4.90 Å². The molecule has 1 aromatic rings. The number of likely N-dealkylation sites (tertiary alicyclic amines) is 2. The molecule has 0 atom stereocenters. The highest BCUT2D eigenvalue weighted by Gasteiger charge is 2.51. The number of urea groups is 1. The first-order chi connectivity index (χ1) is 11.1. The van der Waals surface area contributed by atoms with E-state index in [4.69, 9.17) is 0 Å². The van der Waals surface area contributed by atoms with Gasteiger partial charge < -0.3 is 14.7 Å². The molecule has 5 heteroatoms. The van der Waals surface area contributed by atoms with Gasteiger partial charge in [0.05, 0.1) is 5.41 Å². The molecule has 0 saturated carbocycles. The highest BCUT2D eigenvalue weighted by Crippen LogP contribution is 2.47. The number of anilines is 1. The lowest BCUT2D eigenvalue weighted by Gasteiger charge is -2.39. The van der Waals surface area contributed by atoms with Gasteiger partial charge >= 0.3 is 6.03 Å². The van der Waals surface area contributed by atoms with Crippen molar-refractivity contribution in [2.45, 2.75) is 31.1 Å². The van der Waals surface area contributed by atoms with Crippen LogP contribution in [0.25, 0.3) is 0 Å². The molecule has 1 spiro atoms. The number of hydrogen-bond donors (Lipinski definition) is 0. The third kappa shape index (κ3) is 2.06. The molecule has 4 rings (SSSR count). The molecular formula is C18H23N3O2. The smallest absolute Gasteiger partial charge is 0.319 e. The van der Waals surface area contributed by atoms with Crippen LogP contribution in [0.3, 0.4) is 0 Å². The summed E-state index contributed by atoms with van der Waals surface area (Å²) in [7, 11) is 1.86. The van der Waals surface area contributed by atoms with Gasteiger partial charge in [0.2, 0.25) is 5.91 Å². The van der Waals surface area contributed by atoms with Gasteiger partial charge in [-0.25, -0.2) is 4.79 Å². The highest BCUT2D eigenvalue weighted by atomic mass is 16.2. The predicted octanol–water partition coefficient (Wildman–Crippen LogP) is 2.21. The molecule has 1 aromatic carbocycles. The first kappa shape index (κ1) is 14.5. The van der Waals surface area contributed by atoms with Gasteiger partial charge in [-0.1, -0.05) is 18.2 Å². The maximum absolute atomic E-state index is 12.9. The maximum Gasteiger partial charge on any atom is 0.319 e. The van der Waals surface area contributed by atoms with E-state index in [1.807, 2.05) is 35.0 Å². The minimum absolute atomic E-state index is 0.157. The molecule has 3 aliphatic rings. The Hall–Kier alpha value is -2.04. The molecule has 3 amide bonds. The molecule has 3 aliphatic heterocycles. The molecule has 0 radical (unpaired) electrons. The Morgan fingerprint density at radius 2 is 1.61 bits per heavy atom. The minimum atomic E-state index is -0.423. The second kappa shape index (κ2) is 5.25. The monoisotopic (exact) mass is 313 g/mol. The Balaban J connectivity index is 1.55. The van der Waals surface area contributed by atoms with E-state index in [9.17, 15) is 9.59 Å².